The van der Waals surface area contributed by atoms with Crippen LogP contribution in [0.4, 0.5) is 0 Å². The molecular formula is C14H11Cl3O2S. The number of halogens is 3. The van der Waals surface area contributed by atoms with Crippen LogP contribution in [0.5, 0.6) is 0 Å². The standard InChI is InChI=1S/C14H11Cl3O2S/c15-12-4-2-1-3-11(12)9-20(18,19)8-10-5-6-13(16)14(17)7-10/h1-7H,8-9H2. The van der Waals surface area contributed by atoms with E-state index in [1.165, 1.54) is 0 Å². The maximum atomic E-state index is 12.2. The maximum absolute atomic E-state index is 12.2. The highest BCUT2D eigenvalue weighted by atomic mass is 35.5. The molecule has 0 heterocycles. The molecular weight excluding hydrogens is 339 g/mol. The fourth-order valence-electron chi connectivity index (χ4n) is 1.79. The van der Waals surface area contributed by atoms with E-state index in [0.29, 0.717) is 26.2 Å². The lowest BCUT2D eigenvalue weighted by atomic mass is 10.2. The highest BCUT2D eigenvalue weighted by Crippen LogP contribution is 2.25. The first-order valence-corrected chi connectivity index (χ1v) is 8.71. The lowest BCUT2D eigenvalue weighted by Gasteiger charge is -2.07. The second kappa shape index (κ2) is 6.35. The topological polar surface area (TPSA) is 34.1 Å². The molecule has 2 aromatic rings. The van der Waals surface area contributed by atoms with Crippen LogP contribution in [0.3, 0.4) is 0 Å². The Kier molecular flexibility index (Phi) is 4.97. The number of sulfone groups is 1. The summed E-state index contributed by atoms with van der Waals surface area (Å²) in [6.07, 6.45) is 0. The predicted octanol–water partition coefficient (Wildman–Crippen LogP) is 4.76. The van der Waals surface area contributed by atoms with Crippen LogP contribution in [0.1, 0.15) is 11.1 Å². The first kappa shape index (κ1) is 15.6. The van der Waals surface area contributed by atoms with E-state index in [4.69, 9.17) is 34.8 Å². The molecule has 0 aliphatic rings. The molecule has 106 valence electrons. The normalized spacial score (nSPS) is 11.6. The van der Waals surface area contributed by atoms with E-state index < -0.39 is 9.84 Å². The first-order valence-electron chi connectivity index (χ1n) is 5.75. The molecule has 0 radical (unpaired) electrons. The summed E-state index contributed by atoms with van der Waals surface area (Å²) in [6.45, 7) is 0. The molecule has 0 aliphatic carbocycles. The molecule has 0 bridgehead atoms. The van der Waals surface area contributed by atoms with Crippen molar-refractivity contribution in [2.75, 3.05) is 0 Å². The quantitative estimate of drug-likeness (QED) is 0.797. The minimum absolute atomic E-state index is 0.102. The Balaban J connectivity index is 2.19. The van der Waals surface area contributed by atoms with Crippen molar-refractivity contribution >= 4 is 44.6 Å². The van der Waals surface area contributed by atoms with E-state index in [0.717, 1.165) is 0 Å². The molecule has 6 heteroatoms. The Morgan fingerprint density at radius 2 is 1.50 bits per heavy atom. The molecule has 0 aliphatic heterocycles. The highest BCUT2D eigenvalue weighted by Gasteiger charge is 2.15. The molecule has 0 unspecified atom stereocenters. The SMILES string of the molecule is O=S(=O)(Cc1ccc(Cl)c(Cl)c1)Cc1ccccc1Cl. The second-order valence-electron chi connectivity index (χ2n) is 4.37. The van der Waals surface area contributed by atoms with Gasteiger partial charge in [-0.3, -0.25) is 0 Å². The largest absolute Gasteiger partial charge is 0.228 e. The molecule has 20 heavy (non-hydrogen) atoms. The van der Waals surface area contributed by atoms with Gasteiger partial charge in [-0.25, -0.2) is 8.42 Å². The van der Waals surface area contributed by atoms with Crippen molar-refractivity contribution in [3.05, 3.63) is 68.7 Å². The van der Waals surface area contributed by atoms with E-state index in [2.05, 4.69) is 0 Å². The smallest absolute Gasteiger partial charge is 0.158 e. The van der Waals surface area contributed by atoms with Crippen LogP contribution in [0.2, 0.25) is 15.1 Å². The Hall–Kier alpha value is -0.740. The summed E-state index contributed by atoms with van der Waals surface area (Å²) < 4.78 is 24.4. The Morgan fingerprint density at radius 1 is 0.800 bits per heavy atom. The van der Waals surface area contributed by atoms with Crippen molar-refractivity contribution in [3.63, 3.8) is 0 Å². The molecule has 2 aromatic carbocycles. The first-order chi connectivity index (χ1) is 9.37. The lowest BCUT2D eigenvalue weighted by molar-refractivity contribution is 0.594. The fourth-order valence-corrected chi connectivity index (χ4v) is 3.90. The molecule has 2 nitrogen and oxygen atoms in total. The summed E-state index contributed by atoms with van der Waals surface area (Å²) in [7, 11) is -3.33. The van der Waals surface area contributed by atoms with Gasteiger partial charge in [-0.15, -0.1) is 0 Å². The summed E-state index contributed by atoms with van der Waals surface area (Å²) in [4.78, 5) is 0. The summed E-state index contributed by atoms with van der Waals surface area (Å²) in [5, 5.41) is 1.20. The molecule has 0 saturated heterocycles. The van der Waals surface area contributed by atoms with Gasteiger partial charge in [-0.05, 0) is 29.3 Å². The minimum atomic E-state index is -3.33. The van der Waals surface area contributed by atoms with Crippen LogP contribution >= 0.6 is 34.8 Å². The molecule has 0 atom stereocenters. The Morgan fingerprint density at radius 3 is 2.15 bits per heavy atom. The third-order valence-electron chi connectivity index (χ3n) is 2.70. The lowest BCUT2D eigenvalue weighted by Crippen LogP contribution is -2.08. The molecule has 2 rings (SSSR count). The predicted molar refractivity (Wildman–Crippen MR) is 84.2 cm³/mol. The zero-order valence-corrected chi connectivity index (χ0v) is 13.4. The molecule has 0 fully saturated rings. The number of benzene rings is 2. The zero-order valence-electron chi connectivity index (χ0n) is 10.3. The van der Waals surface area contributed by atoms with E-state index in [1.54, 1.807) is 42.5 Å². The van der Waals surface area contributed by atoms with Crippen molar-refractivity contribution in [1.29, 1.82) is 0 Å². The number of hydrogen-bond donors (Lipinski definition) is 0. The fraction of sp³-hybridized carbons (Fsp3) is 0.143. The second-order valence-corrected chi connectivity index (χ2v) is 7.66. The van der Waals surface area contributed by atoms with Gasteiger partial charge in [0.05, 0.1) is 21.6 Å². The van der Waals surface area contributed by atoms with Crippen LogP contribution in [-0.4, -0.2) is 8.42 Å². The van der Waals surface area contributed by atoms with Crippen LogP contribution in [-0.2, 0) is 21.3 Å². The maximum Gasteiger partial charge on any atom is 0.158 e. The molecule has 0 spiro atoms. The van der Waals surface area contributed by atoms with E-state index in [-0.39, 0.29) is 11.5 Å². The van der Waals surface area contributed by atoms with Crippen molar-refractivity contribution in [2.45, 2.75) is 11.5 Å². The van der Waals surface area contributed by atoms with Crippen molar-refractivity contribution in [2.24, 2.45) is 0 Å². The Bertz CT molecular complexity index is 727. The van der Waals surface area contributed by atoms with Crippen molar-refractivity contribution in [3.8, 4) is 0 Å². The number of rotatable bonds is 4. The van der Waals surface area contributed by atoms with Gasteiger partial charge in [-0.1, -0.05) is 59.1 Å². The highest BCUT2D eigenvalue weighted by molar-refractivity contribution is 7.89. The van der Waals surface area contributed by atoms with Gasteiger partial charge in [0.15, 0.2) is 9.84 Å². The van der Waals surface area contributed by atoms with Gasteiger partial charge in [0.1, 0.15) is 0 Å². The van der Waals surface area contributed by atoms with E-state index >= 15 is 0 Å². The summed E-state index contributed by atoms with van der Waals surface area (Å²) in [6, 6.07) is 11.7. The van der Waals surface area contributed by atoms with Crippen LogP contribution in [0.25, 0.3) is 0 Å². The molecule has 0 amide bonds. The molecule has 0 N–H and O–H groups in total. The molecule has 0 saturated carbocycles. The van der Waals surface area contributed by atoms with Crippen LogP contribution in [0, 0.1) is 0 Å². The van der Waals surface area contributed by atoms with Crippen LogP contribution in [0.15, 0.2) is 42.5 Å². The monoisotopic (exact) mass is 348 g/mol. The van der Waals surface area contributed by atoms with E-state index in [9.17, 15) is 8.42 Å². The van der Waals surface area contributed by atoms with E-state index in [1.807, 2.05) is 0 Å². The third-order valence-corrected chi connectivity index (χ3v) is 5.34. The van der Waals surface area contributed by atoms with Gasteiger partial charge in [-0.2, -0.15) is 0 Å². The van der Waals surface area contributed by atoms with Gasteiger partial charge < -0.3 is 0 Å². The van der Waals surface area contributed by atoms with Gasteiger partial charge in [0, 0.05) is 5.02 Å². The summed E-state index contributed by atoms with van der Waals surface area (Å²) >= 11 is 17.7. The average Bonchev–Trinajstić information content (AvgIpc) is 2.36. The zero-order chi connectivity index (χ0) is 14.8. The third kappa shape index (κ3) is 4.13. The van der Waals surface area contributed by atoms with Gasteiger partial charge in [0.25, 0.3) is 0 Å². The van der Waals surface area contributed by atoms with Crippen molar-refractivity contribution in [1.82, 2.24) is 0 Å². The van der Waals surface area contributed by atoms with Gasteiger partial charge in [0.2, 0.25) is 0 Å². The average molecular weight is 350 g/mol. The van der Waals surface area contributed by atoms with Crippen LogP contribution < -0.4 is 0 Å². The van der Waals surface area contributed by atoms with Gasteiger partial charge >= 0.3 is 0 Å². The summed E-state index contributed by atoms with van der Waals surface area (Å²) in [5.74, 6) is -0.206. The molecule has 0 aromatic heterocycles. The summed E-state index contributed by atoms with van der Waals surface area (Å²) in [5.41, 5.74) is 1.20. The van der Waals surface area contributed by atoms with Crippen molar-refractivity contribution < 1.29 is 8.42 Å². The minimum Gasteiger partial charge on any atom is -0.228 e. The Labute approximate surface area is 133 Å². The number of hydrogen-bond acceptors (Lipinski definition) is 2.